The molecule has 2 aromatic carbocycles. The summed E-state index contributed by atoms with van der Waals surface area (Å²) in [6, 6.07) is 14.2. The van der Waals surface area contributed by atoms with Gasteiger partial charge in [0.05, 0.1) is 10.6 Å². The van der Waals surface area contributed by atoms with Crippen molar-refractivity contribution in [1.82, 2.24) is 5.32 Å². The molecule has 4 rings (SSSR count). The number of rotatable bonds is 6. The second kappa shape index (κ2) is 7.82. The molecule has 2 aliphatic rings. The van der Waals surface area contributed by atoms with Crippen LogP contribution in [-0.4, -0.2) is 26.9 Å². The van der Waals surface area contributed by atoms with E-state index in [4.69, 9.17) is 0 Å². The van der Waals surface area contributed by atoms with Gasteiger partial charge in [0.25, 0.3) is 10.0 Å². The average molecular weight is 413 g/mol. The largest absolute Gasteiger partial charge is 0.352 e. The summed E-state index contributed by atoms with van der Waals surface area (Å²) < 4.78 is 28.0. The van der Waals surface area contributed by atoms with Gasteiger partial charge < -0.3 is 5.32 Å². The van der Waals surface area contributed by atoms with E-state index in [0.29, 0.717) is 11.6 Å². The maximum atomic E-state index is 13.4. The molecule has 2 bridgehead atoms. The first kappa shape index (κ1) is 20.0. The molecule has 0 aromatic heterocycles. The SMILES string of the molecule is Cc1ccc(S(=O)(=O)N(CC(=O)N[C@H]2C[C@@H]3CC[C@@H]2C3)c2cccc(C)c2)cc1. The minimum Gasteiger partial charge on any atom is -0.352 e. The van der Waals surface area contributed by atoms with Crippen molar-refractivity contribution in [3.05, 3.63) is 59.7 Å². The van der Waals surface area contributed by atoms with Crippen molar-refractivity contribution >= 4 is 21.6 Å². The van der Waals surface area contributed by atoms with E-state index in [-0.39, 0.29) is 23.4 Å². The lowest BCUT2D eigenvalue weighted by Crippen LogP contribution is -2.46. The van der Waals surface area contributed by atoms with Gasteiger partial charge >= 0.3 is 0 Å². The van der Waals surface area contributed by atoms with Gasteiger partial charge in [0, 0.05) is 6.04 Å². The van der Waals surface area contributed by atoms with Crippen molar-refractivity contribution < 1.29 is 13.2 Å². The second-order valence-corrected chi connectivity index (χ2v) is 10.4. The number of carbonyl (C=O) groups excluding carboxylic acids is 1. The highest BCUT2D eigenvalue weighted by atomic mass is 32.2. The van der Waals surface area contributed by atoms with Gasteiger partial charge in [-0.05, 0) is 74.8 Å². The summed E-state index contributed by atoms with van der Waals surface area (Å²) in [5, 5.41) is 3.11. The predicted octanol–water partition coefficient (Wildman–Crippen LogP) is 3.80. The fourth-order valence-electron chi connectivity index (χ4n) is 4.74. The number of benzene rings is 2. The zero-order chi connectivity index (χ0) is 20.6. The summed E-state index contributed by atoms with van der Waals surface area (Å²) in [6.45, 7) is 3.61. The Bertz CT molecular complexity index is 1000. The summed E-state index contributed by atoms with van der Waals surface area (Å²) in [5.41, 5.74) is 2.44. The van der Waals surface area contributed by atoms with Crippen LogP contribution in [0.25, 0.3) is 0 Å². The molecule has 1 amide bonds. The Morgan fingerprint density at radius 1 is 1.03 bits per heavy atom. The van der Waals surface area contributed by atoms with Crippen LogP contribution in [0.3, 0.4) is 0 Å². The van der Waals surface area contributed by atoms with Gasteiger partial charge in [-0.15, -0.1) is 0 Å². The van der Waals surface area contributed by atoms with Crippen molar-refractivity contribution in [3.8, 4) is 0 Å². The van der Waals surface area contributed by atoms with Gasteiger partial charge in [-0.2, -0.15) is 0 Å². The number of aryl methyl sites for hydroxylation is 2. The van der Waals surface area contributed by atoms with Crippen molar-refractivity contribution in [3.63, 3.8) is 0 Å². The first-order valence-corrected chi connectivity index (χ1v) is 11.7. The molecule has 2 fully saturated rings. The number of sulfonamides is 1. The number of hydrogen-bond donors (Lipinski definition) is 1. The van der Waals surface area contributed by atoms with E-state index in [0.717, 1.165) is 23.5 Å². The summed E-state index contributed by atoms with van der Waals surface area (Å²) in [4.78, 5) is 13.1. The van der Waals surface area contributed by atoms with Crippen LogP contribution in [0.15, 0.2) is 53.4 Å². The molecule has 3 atom stereocenters. The second-order valence-electron chi connectivity index (χ2n) is 8.51. The molecule has 2 saturated carbocycles. The lowest BCUT2D eigenvalue weighted by atomic mass is 9.95. The molecule has 0 radical (unpaired) electrons. The smallest absolute Gasteiger partial charge is 0.264 e. The molecule has 2 aromatic rings. The minimum absolute atomic E-state index is 0.183. The normalized spacial score (nSPS) is 23.2. The van der Waals surface area contributed by atoms with Gasteiger partial charge in [-0.1, -0.05) is 36.2 Å². The van der Waals surface area contributed by atoms with Crippen molar-refractivity contribution in [1.29, 1.82) is 0 Å². The third-order valence-electron chi connectivity index (χ3n) is 6.27. The third-order valence-corrected chi connectivity index (χ3v) is 8.06. The molecule has 0 spiro atoms. The van der Waals surface area contributed by atoms with Crippen LogP contribution in [-0.2, 0) is 14.8 Å². The number of amides is 1. The Morgan fingerprint density at radius 2 is 1.79 bits per heavy atom. The average Bonchev–Trinajstić information content (AvgIpc) is 3.29. The highest BCUT2D eigenvalue weighted by Gasteiger charge is 2.40. The van der Waals surface area contributed by atoms with E-state index in [2.05, 4.69) is 5.32 Å². The molecule has 1 N–H and O–H groups in total. The first-order chi connectivity index (χ1) is 13.8. The molecule has 5 nitrogen and oxygen atoms in total. The fraction of sp³-hybridized carbons (Fsp3) is 0.435. The van der Waals surface area contributed by atoms with E-state index < -0.39 is 10.0 Å². The number of fused-ring (bicyclic) bond motifs is 2. The molecular weight excluding hydrogens is 384 g/mol. The zero-order valence-corrected chi connectivity index (χ0v) is 17.8. The summed E-state index contributed by atoms with van der Waals surface area (Å²) >= 11 is 0. The molecule has 0 heterocycles. The van der Waals surface area contributed by atoms with E-state index in [1.54, 1.807) is 36.4 Å². The van der Waals surface area contributed by atoms with Gasteiger partial charge in [0.15, 0.2) is 0 Å². The number of nitrogens with zero attached hydrogens (tertiary/aromatic N) is 1. The highest BCUT2D eigenvalue weighted by molar-refractivity contribution is 7.92. The zero-order valence-electron chi connectivity index (χ0n) is 17.0. The van der Waals surface area contributed by atoms with Crippen LogP contribution >= 0.6 is 0 Å². The lowest BCUT2D eigenvalue weighted by Gasteiger charge is -2.27. The van der Waals surface area contributed by atoms with Gasteiger partial charge in [-0.25, -0.2) is 8.42 Å². The topological polar surface area (TPSA) is 66.5 Å². The maximum Gasteiger partial charge on any atom is 0.264 e. The molecule has 29 heavy (non-hydrogen) atoms. The van der Waals surface area contributed by atoms with E-state index in [1.807, 2.05) is 26.0 Å². The number of nitrogens with one attached hydrogen (secondary N) is 1. The Labute approximate surface area is 173 Å². The standard InChI is InChI=1S/C23H28N2O3S/c1-16-6-10-21(11-7-16)29(27,28)25(20-5-3-4-17(2)12-20)15-23(26)24-22-14-18-8-9-19(22)13-18/h3-7,10-12,18-19,22H,8-9,13-15H2,1-2H3,(H,24,26)/t18-,19-,22+/m1/s1. The monoisotopic (exact) mass is 412 g/mol. The number of carbonyl (C=O) groups is 1. The molecule has 154 valence electrons. The fourth-order valence-corrected chi connectivity index (χ4v) is 6.15. The number of hydrogen-bond acceptors (Lipinski definition) is 3. The molecule has 6 heteroatoms. The van der Waals surface area contributed by atoms with Crippen molar-refractivity contribution in [2.24, 2.45) is 11.8 Å². The third kappa shape index (κ3) is 4.17. The summed E-state index contributed by atoms with van der Waals surface area (Å²) in [7, 11) is -3.85. The highest BCUT2D eigenvalue weighted by Crippen LogP contribution is 2.44. The van der Waals surface area contributed by atoms with Crippen LogP contribution in [0.5, 0.6) is 0 Å². The Morgan fingerprint density at radius 3 is 2.41 bits per heavy atom. The summed E-state index contributed by atoms with van der Waals surface area (Å²) in [5.74, 6) is 1.03. The molecule has 2 aliphatic carbocycles. The molecular formula is C23H28N2O3S. The predicted molar refractivity (Wildman–Crippen MR) is 114 cm³/mol. The Balaban J connectivity index is 1.60. The van der Waals surface area contributed by atoms with Gasteiger partial charge in [-0.3, -0.25) is 9.10 Å². The molecule has 0 unspecified atom stereocenters. The van der Waals surface area contributed by atoms with Gasteiger partial charge in [0.1, 0.15) is 6.54 Å². The number of anilines is 1. The Kier molecular flexibility index (Phi) is 5.38. The van der Waals surface area contributed by atoms with Crippen LogP contribution in [0, 0.1) is 25.7 Å². The Hall–Kier alpha value is -2.34. The quantitative estimate of drug-likeness (QED) is 0.785. The minimum atomic E-state index is -3.85. The van der Waals surface area contributed by atoms with Crippen LogP contribution in [0.4, 0.5) is 5.69 Å². The van der Waals surface area contributed by atoms with E-state index >= 15 is 0 Å². The molecule has 0 aliphatic heterocycles. The van der Waals surface area contributed by atoms with Crippen molar-refractivity contribution in [2.45, 2.75) is 50.5 Å². The lowest BCUT2D eigenvalue weighted by molar-refractivity contribution is -0.120. The van der Waals surface area contributed by atoms with E-state index in [9.17, 15) is 13.2 Å². The first-order valence-electron chi connectivity index (χ1n) is 10.3. The maximum absolute atomic E-state index is 13.4. The van der Waals surface area contributed by atoms with E-state index in [1.165, 1.54) is 23.6 Å². The van der Waals surface area contributed by atoms with Gasteiger partial charge in [0.2, 0.25) is 5.91 Å². The van der Waals surface area contributed by atoms with Crippen LogP contribution in [0.2, 0.25) is 0 Å². The van der Waals surface area contributed by atoms with Crippen LogP contribution in [0.1, 0.15) is 36.8 Å². The summed E-state index contributed by atoms with van der Waals surface area (Å²) in [6.07, 6.45) is 4.63. The molecule has 0 saturated heterocycles. The van der Waals surface area contributed by atoms with Crippen molar-refractivity contribution in [2.75, 3.05) is 10.8 Å². The van der Waals surface area contributed by atoms with Crippen LogP contribution < -0.4 is 9.62 Å².